The first-order valence-electron chi connectivity index (χ1n) is 41.0. The summed E-state index contributed by atoms with van der Waals surface area (Å²) < 4.78 is 56.9. The van der Waals surface area contributed by atoms with E-state index in [0.29, 0.717) is 113 Å². The fourth-order valence-electron chi connectivity index (χ4n) is 17.0. The zero-order valence-electron chi connectivity index (χ0n) is 67.1. The van der Waals surface area contributed by atoms with Crippen LogP contribution in [0.1, 0.15) is 139 Å². The lowest BCUT2D eigenvalue weighted by Crippen LogP contribution is -2.55. The summed E-state index contributed by atoms with van der Waals surface area (Å²) >= 11 is 0. The number of aliphatic hydroxyl groups is 7. The van der Waals surface area contributed by atoms with Gasteiger partial charge in [0.05, 0.1) is 66.1 Å². The van der Waals surface area contributed by atoms with E-state index in [0.717, 1.165) is 33.8 Å². The van der Waals surface area contributed by atoms with Gasteiger partial charge in [-0.15, -0.1) is 0 Å². The molecule has 4 aliphatic heterocycles. The summed E-state index contributed by atoms with van der Waals surface area (Å²) in [5.74, 6) is -2.17. The second kappa shape index (κ2) is 39.2. The average molecular weight is 1700 g/mol. The number of β-lactam (4-membered cyclic amide) rings is 3. The molecule has 25 heteroatoms. The number of aliphatic hydroxyl groups excluding tert-OH is 7. The smallest absolute Gasteiger partial charge is 0.356 e. The van der Waals surface area contributed by atoms with Crippen molar-refractivity contribution in [1.82, 2.24) is 0 Å². The lowest BCUT2D eigenvalue weighted by atomic mass is 9.78. The van der Waals surface area contributed by atoms with Crippen LogP contribution in [-0.4, -0.2) is 115 Å². The molecule has 14 atom stereocenters. The fourth-order valence-corrected chi connectivity index (χ4v) is 17.6. The molecule has 12 aromatic rings. The van der Waals surface area contributed by atoms with E-state index >= 15 is 0 Å². The zero-order chi connectivity index (χ0) is 87.6. The van der Waals surface area contributed by atoms with Crippen molar-refractivity contribution in [2.24, 2.45) is 17.8 Å². The van der Waals surface area contributed by atoms with Crippen molar-refractivity contribution in [2.45, 2.75) is 125 Å². The van der Waals surface area contributed by atoms with Crippen LogP contribution in [0.25, 0.3) is 33.4 Å². The average Bonchev–Trinajstić information content (AvgIpc) is 0.743. The molecule has 12 aromatic carbocycles. The minimum atomic E-state index is -4.36. The van der Waals surface area contributed by atoms with Gasteiger partial charge in [0.2, 0.25) is 17.7 Å². The van der Waals surface area contributed by atoms with Gasteiger partial charge >= 0.3 is 7.60 Å². The molecule has 21 nitrogen and oxygen atoms in total. The molecule has 1 unspecified atom stereocenters. The predicted molar refractivity (Wildman–Crippen MR) is 463 cm³/mol. The first kappa shape index (κ1) is 88.2. The van der Waals surface area contributed by atoms with Crippen LogP contribution in [0.3, 0.4) is 0 Å². The number of anilines is 3. The highest BCUT2D eigenvalue weighted by Gasteiger charge is 2.52. The Balaban J connectivity index is 0.000000153. The van der Waals surface area contributed by atoms with Crippen LogP contribution in [0, 0.1) is 35.2 Å². The standard InChI is InChI=1S/C37H38FNO8.C31H29FNO6P.C31H28FNO4/c38-25-16-13-22(14-17-25)29(41)8-4-7-28-32(39(37(28)46)26-5-2-1-3-6-26)27-18-15-24(19-30(27)42)21-9-11-23(12-10-21)36-35(45)34(44)33(43)31(20-40)47-36;32-23-14-9-21(10-15-23)28(34)8-4-7-27-30(33(31(27)36)24-5-2-1-3-6-24)26-18-13-22(19-29(26)35)20-11-16-25(17-12-20)40(37,38)39;32-23-15-12-20(13-16-23)28(35)11-5-10-27-30(33(31(27)37)24-7-2-1-3-8-24)26-17-14-22(19-29(26)36)21-6-4-9-25(34)18-21/h1-3,5-6,9-19,28-29,31-36,40-45H,4,7-8,20H2;1-3,5-6,9-19,27-28,30,34-35H,4,7-8H2,(H2,37,38,39);1-4,6-9,12-19,27-28,30,34-36H,5,10-11H2/t28-,29+,31-,32-,33-,34+,35-,36?;2*27-,28+,30-/m111/s1. The molecular formula is C99H95F3N3O18P. The molecule has 3 amide bonds. The van der Waals surface area contributed by atoms with E-state index in [-0.39, 0.29) is 75.4 Å². The van der Waals surface area contributed by atoms with E-state index < -0.39 is 87.0 Å². The van der Waals surface area contributed by atoms with Crippen LogP contribution in [0.4, 0.5) is 30.2 Å². The summed E-state index contributed by atoms with van der Waals surface area (Å²) in [6.45, 7) is -0.516. The van der Waals surface area contributed by atoms with Gasteiger partial charge < -0.3 is 85.4 Å². The van der Waals surface area contributed by atoms with Crippen molar-refractivity contribution >= 4 is 47.7 Å². The van der Waals surface area contributed by atoms with E-state index in [2.05, 4.69) is 0 Å². The number of hydrogen-bond acceptors (Lipinski definition) is 16. The molecule has 4 fully saturated rings. The quantitative estimate of drug-likeness (QED) is 0.0168. The molecule has 640 valence electrons. The van der Waals surface area contributed by atoms with Crippen molar-refractivity contribution < 1.29 is 103 Å². The molecule has 4 heterocycles. The van der Waals surface area contributed by atoms with Gasteiger partial charge in [-0.3, -0.25) is 18.9 Å². The molecule has 0 aromatic heterocycles. The maximum absolute atomic E-state index is 13.5. The Morgan fingerprint density at radius 3 is 1.01 bits per heavy atom. The van der Waals surface area contributed by atoms with Gasteiger partial charge in [0.15, 0.2) is 0 Å². The third kappa shape index (κ3) is 19.7. The Morgan fingerprint density at radius 1 is 0.363 bits per heavy atom. The highest BCUT2D eigenvalue weighted by Crippen LogP contribution is 2.53. The Labute approximate surface area is 714 Å². The van der Waals surface area contributed by atoms with Gasteiger partial charge in [-0.25, -0.2) is 13.2 Å². The molecular weight excluding hydrogens is 1610 g/mol. The zero-order valence-corrected chi connectivity index (χ0v) is 68.0. The summed E-state index contributed by atoms with van der Waals surface area (Å²) in [5, 5.41) is 115. The monoisotopic (exact) mass is 1700 g/mol. The van der Waals surface area contributed by atoms with Crippen molar-refractivity contribution in [3.63, 3.8) is 0 Å². The normalized spacial score (nSPS) is 21.2. The summed E-state index contributed by atoms with van der Waals surface area (Å²) in [4.78, 5) is 63.9. The molecule has 0 bridgehead atoms. The lowest BCUT2D eigenvalue weighted by Gasteiger charge is -2.48. The number of para-hydroxylation sites is 3. The Bertz CT molecular complexity index is 5710. The number of hydrogen-bond donors (Lipinski definition) is 13. The van der Waals surface area contributed by atoms with Crippen molar-refractivity contribution in [3.05, 3.63) is 348 Å². The number of phenols is 4. The Hall–Kier alpha value is -12.1. The lowest BCUT2D eigenvalue weighted by molar-refractivity contribution is -0.231. The molecule has 4 aliphatic rings. The predicted octanol–water partition coefficient (Wildman–Crippen LogP) is 16.4. The second-order valence-electron chi connectivity index (χ2n) is 31.6. The SMILES string of the molecule is O=C1[C@H](CCC[C@H](O)c2ccc(F)cc2)[C@@H](c2ccc(-c3ccc(C4O[C@H](CO)[C@@H](O)[C@H](O)[C@H]4O)cc3)cc2O)N1c1ccccc1.O=C1[C@H](CCC[C@H](O)c2ccc(F)cc2)[C@@H](c2ccc(-c3ccc(P(=O)(O)O)cc3)cc2O)N1c1ccccc1.O=C1[C@H](CCC[C@H](O)c2ccc(F)cc2)[C@@H](c2ccc(-c3cccc(O)c3)cc2O)N1c1ccccc1. The number of carbonyl (C=O) groups is 3. The molecule has 124 heavy (non-hydrogen) atoms. The number of rotatable bonds is 27. The summed E-state index contributed by atoms with van der Waals surface area (Å²) in [5.41, 5.74) is 10.8. The minimum absolute atomic E-state index is 0.00587. The van der Waals surface area contributed by atoms with Gasteiger partial charge in [0.25, 0.3) is 0 Å². The molecule has 4 saturated heterocycles. The molecule has 0 spiro atoms. The number of ether oxygens (including phenoxy) is 1. The van der Waals surface area contributed by atoms with Gasteiger partial charge in [-0.2, -0.15) is 0 Å². The number of nitrogens with zero attached hydrogens (tertiary/aromatic N) is 3. The highest BCUT2D eigenvalue weighted by atomic mass is 31.2. The number of halogens is 3. The third-order valence-corrected chi connectivity index (χ3v) is 24.7. The molecule has 13 N–H and O–H groups in total. The Morgan fingerprint density at radius 2 is 0.685 bits per heavy atom. The maximum atomic E-state index is 13.5. The Kier molecular flexibility index (Phi) is 27.9. The van der Waals surface area contributed by atoms with Crippen LogP contribution in [-0.2, 0) is 23.7 Å². The van der Waals surface area contributed by atoms with E-state index in [4.69, 9.17) is 4.74 Å². The van der Waals surface area contributed by atoms with Gasteiger partial charge in [-0.05, 0) is 229 Å². The first-order valence-corrected chi connectivity index (χ1v) is 42.6. The summed E-state index contributed by atoms with van der Waals surface area (Å²) in [7, 11) is -4.36. The van der Waals surface area contributed by atoms with E-state index in [1.165, 1.54) is 48.5 Å². The van der Waals surface area contributed by atoms with Gasteiger partial charge in [0, 0.05) is 33.8 Å². The number of amides is 3. The maximum Gasteiger partial charge on any atom is 0.356 e. The molecule has 16 rings (SSSR count). The minimum Gasteiger partial charge on any atom is -0.508 e. The molecule has 0 aliphatic carbocycles. The van der Waals surface area contributed by atoms with E-state index in [1.54, 1.807) is 130 Å². The van der Waals surface area contributed by atoms with Crippen molar-refractivity contribution in [3.8, 4) is 56.4 Å². The van der Waals surface area contributed by atoms with E-state index in [1.807, 2.05) is 127 Å². The van der Waals surface area contributed by atoms with Gasteiger partial charge in [-0.1, -0.05) is 176 Å². The largest absolute Gasteiger partial charge is 0.508 e. The first-order chi connectivity index (χ1) is 59.7. The van der Waals surface area contributed by atoms with E-state index in [9.17, 15) is 98.1 Å². The fraction of sp³-hybridized carbons (Fsp3) is 0.242. The number of aromatic hydroxyl groups is 4. The third-order valence-electron chi connectivity index (χ3n) is 23.7. The molecule has 0 radical (unpaired) electrons. The van der Waals surface area contributed by atoms with Gasteiger partial charge in [0.1, 0.15) is 71.0 Å². The molecule has 0 saturated carbocycles. The van der Waals surface area contributed by atoms with Crippen molar-refractivity contribution in [2.75, 3.05) is 21.3 Å². The van der Waals surface area contributed by atoms with Crippen LogP contribution >= 0.6 is 7.60 Å². The highest BCUT2D eigenvalue weighted by molar-refractivity contribution is 7.60. The van der Waals surface area contributed by atoms with Crippen LogP contribution in [0.2, 0.25) is 0 Å². The van der Waals surface area contributed by atoms with Crippen LogP contribution < -0.4 is 20.0 Å². The second-order valence-corrected chi connectivity index (χ2v) is 33.2. The summed E-state index contributed by atoms with van der Waals surface area (Å²) in [6, 6.07) is 79.5. The number of benzene rings is 12. The van der Waals surface area contributed by atoms with Crippen LogP contribution in [0.15, 0.2) is 291 Å². The topological polar surface area (TPSA) is 350 Å². The van der Waals surface area contributed by atoms with Crippen molar-refractivity contribution in [1.29, 1.82) is 0 Å². The summed E-state index contributed by atoms with van der Waals surface area (Å²) in [6.07, 6.45) is -4.10. The number of carbonyl (C=O) groups excluding carboxylic acids is 3. The number of phenolic OH excluding ortho intramolecular Hbond substituents is 4. The van der Waals surface area contributed by atoms with Crippen LogP contribution in [0.5, 0.6) is 23.0 Å².